The fourth-order valence-corrected chi connectivity index (χ4v) is 4.44. The number of ether oxygens (including phenoxy) is 2. The van der Waals surface area contributed by atoms with E-state index in [9.17, 15) is 18.0 Å². The number of benzene rings is 4. The number of halogens is 4. The minimum absolute atomic E-state index is 0.262. The van der Waals surface area contributed by atoms with Gasteiger partial charge in [0.2, 0.25) is 0 Å². The van der Waals surface area contributed by atoms with Crippen molar-refractivity contribution in [3.05, 3.63) is 124 Å². The Morgan fingerprint density at radius 2 is 1.50 bits per heavy atom. The van der Waals surface area contributed by atoms with Gasteiger partial charge in [-0.2, -0.15) is 13.2 Å². The lowest BCUT2D eigenvalue weighted by atomic mass is 10.0. The molecule has 0 amide bonds. The van der Waals surface area contributed by atoms with Gasteiger partial charge in [0, 0.05) is 10.6 Å². The van der Waals surface area contributed by atoms with Gasteiger partial charge in [-0.05, 0) is 84.6 Å². The molecule has 0 spiro atoms. The van der Waals surface area contributed by atoms with Crippen LogP contribution in [0.15, 0.2) is 91.0 Å². The number of nitrogens with one attached hydrogen (secondary N) is 1. The Hall–Kier alpha value is -3.81. The SMILES string of the molecule is COC(=O)c1ccc(CCNCCc2ccccc2OCc2ccc(-c3ccc(C(F)(F)F)cc3)cc2Cl)cc1. The summed E-state index contributed by atoms with van der Waals surface area (Å²) >= 11 is 6.50. The molecule has 0 aromatic heterocycles. The van der Waals surface area contributed by atoms with Gasteiger partial charge < -0.3 is 14.8 Å². The van der Waals surface area contributed by atoms with Gasteiger partial charge in [0.25, 0.3) is 0 Å². The molecule has 0 unspecified atom stereocenters. The third kappa shape index (κ3) is 7.87. The molecule has 0 saturated heterocycles. The van der Waals surface area contributed by atoms with Gasteiger partial charge in [0.15, 0.2) is 0 Å². The summed E-state index contributed by atoms with van der Waals surface area (Å²) in [5.74, 6) is 0.425. The molecule has 0 saturated carbocycles. The summed E-state index contributed by atoms with van der Waals surface area (Å²) in [5, 5.41) is 3.93. The molecule has 0 bridgehead atoms. The van der Waals surface area contributed by atoms with Crippen LogP contribution in [0, 0.1) is 0 Å². The van der Waals surface area contributed by atoms with Crippen LogP contribution < -0.4 is 10.1 Å². The minimum atomic E-state index is -4.37. The Labute approximate surface area is 236 Å². The van der Waals surface area contributed by atoms with E-state index in [4.69, 9.17) is 21.1 Å². The van der Waals surface area contributed by atoms with Gasteiger partial charge in [-0.25, -0.2) is 4.79 Å². The highest BCUT2D eigenvalue weighted by atomic mass is 35.5. The van der Waals surface area contributed by atoms with Crippen molar-refractivity contribution in [2.45, 2.75) is 25.6 Å². The van der Waals surface area contributed by atoms with Crippen LogP contribution in [-0.4, -0.2) is 26.2 Å². The second kappa shape index (κ2) is 13.5. The van der Waals surface area contributed by atoms with E-state index in [2.05, 4.69) is 5.32 Å². The van der Waals surface area contributed by atoms with Crippen molar-refractivity contribution in [2.75, 3.05) is 20.2 Å². The molecule has 4 aromatic carbocycles. The van der Waals surface area contributed by atoms with Gasteiger partial charge in [0.05, 0.1) is 18.2 Å². The van der Waals surface area contributed by atoms with E-state index in [1.54, 1.807) is 18.2 Å². The van der Waals surface area contributed by atoms with Crippen molar-refractivity contribution in [2.24, 2.45) is 0 Å². The fourth-order valence-electron chi connectivity index (χ4n) is 4.21. The molecular formula is C32H29ClF3NO3. The number of methoxy groups -OCH3 is 1. The number of hydrogen-bond acceptors (Lipinski definition) is 4. The molecule has 1 N–H and O–H groups in total. The number of carbonyl (C=O) groups is 1. The van der Waals surface area contributed by atoms with Crippen LogP contribution in [0.5, 0.6) is 5.75 Å². The molecule has 0 atom stereocenters. The molecule has 208 valence electrons. The van der Waals surface area contributed by atoms with Crippen molar-refractivity contribution >= 4 is 17.6 Å². The van der Waals surface area contributed by atoms with Crippen LogP contribution in [0.25, 0.3) is 11.1 Å². The standard InChI is InChI=1S/C32H29ClF3NO3/c1-39-31(38)25-8-6-22(7-9-25)16-18-37-19-17-24-4-2-3-5-30(24)40-21-27-11-10-26(20-29(27)33)23-12-14-28(15-13-23)32(34,35)36/h2-15,20,37H,16-19,21H2,1H3. The summed E-state index contributed by atoms with van der Waals surface area (Å²) in [6.07, 6.45) is -2.76. The summed E-state index contributed by atoms with van der Waals surface area (Å²) in [4.78, 5) is 11.6. The normalized spacial score (nSPS) is 11.3. The van der Waals surface area contributed by atoms with E-state index in [1.165, 1.54) is 19.2 Å². The third-order valence-corrected chi connectivity index (χ3v) is 6.84. The molecule has 0 radical (unpaired) electrons. The van der Waals surface area contributed by atoms with Crippen LogP contribution in [0.1, 0.15) is 32.6 Å². The van der Waals surface area contributed by atoms with Crippen molar-refractivity contribution in [1.29, 1.82) is 0 Å². The molecule has 4 nitrogen and oxygen atoms in total. The van der Waals surface area contributed by atoms with Gasteiger partial charge in [0.1, 0.15) is 12.4 Å². The maximum absolute atomic E-state index is 12.9. The van der Waals surface area contributed by atoms with Crippen molar-refractivity contribution in [3.63, 3.8) is 0 Å². The largest absolute Gasteiger partial charge is 0.489 e. The number of carbonyl (C=O) groups excluding carboxylic acids is 1. The van der Waals surface area contributed by atoms with Gasteiger partial charge >= 0.3 is 12.1 Å². The molecule has 40 heavy (non-hydrogen) atoms. The second-order valence-corrected chi connectivity index (χ2v) is 9.62. The van der Waals surface area contributed by atoms with Gasteiger partial charge in [-0.1, -0.05) is 66.2 Å². The summed E-state index contributed by atoms with van der Waals surface area (Å²) < 4.78 is 49.4. The smallest absolute Gasteiger partial charge is 0.416 e. The number of esters is 1. The first-order valence-electron chi connectivity index (χ1n) is 12.8. The Kier molecular flexibility index (Phi) is 9.85. The maximum atomic E-state index is 12.9. The average Bonchev–Trinajstić information content (AvgIpc) is 2.96. The lowest BCUT2D eigenvalue weighted by Crippen LogP contribution is -2.20. The van der Waals surface area contributed by atoms with Crippen LogP contribution in [0.2, 0.25) is 5.02 Å². The quantitative estimate of drug-likeness (QED) is 0.149. The van der Waals surface area contributed by atoms with E-state index < -0.39 is 11.7 Å². The van der Waals surface area contributed by atoms with Crippen LogP contribution >= 0.6 is 11.6 Å². The lowest BCUT2D eigenvalue weighted by Gasteiger charge is -2.14. The Bertz CT molecular complexity index is 1420. The third-order valence-electron chi connectivity index (χ3n) is 6.49. The first kappa shape index (κ1) is 29.2. The van der Waals surface area contributed by atoms with Crippen LogP contribution in [0.4, 0.5) is 13.2 Å². The topological polar surface area (TPSA) is 47.6 Å². The number of alkyl halides is 3. The fraction of sp³-hybridized carbons (Fsp3) is 0.219. The molecule has 0 aliphatic heterocycles. The van der Waals surface area contributed by atoms with E-state index in [0.29, 0.717) is 16.1 Å². The van der Waals surface area contributed by atoms with E-state index in [-0.39, 0.29) is 12.6 Å². The zero-order chi connectivity index (χ0) is 28.5. The zero-order valence-corrected chi connectivity index (χ0v) is 22.7. The highest BCUT2D eigenvalue weighted by Crippen LogP contribution is 2.32. The highest BCUT2D eigenvalue weighted by molar-refractivity contribution is 6.31. The number of hydrogen-bond donors (Lipinski definition) is 1. The molecule has 0 fully saturated rings. The van der Waals surface area contributed by atoms with Crippen LogP contribution in [-0.2, 0) is 30.4 Å². The Morgan fingerprint density at radius 3 is 2.17 bits per heavy atom. The first-order chi connectivity index (χ1) is 19.2. The molecule has 0 heterocycles. The van der Waals surface area contributed by atoms with Crippen molar-refractivity contribution < 1.29 is 27.4 Å². The monoisotopic (exact) mass is 567 g/mol. The van der Waals surface area contributed by atoms with E-state index >= 15 is 0 Å². The first-order valence-corrected chi connectivity index (χ1v) is 13.2. The molecular weight excluding hydrogens is 539 g/mol. The van der Waals surface area contributed by atoms with Gasteiger partial charge in [-0.15, -0.1) is 0 Å². The molecule has 4 aromatic rings. The summed E-state index contributed by atoms with van der Waals surface area (Å²) in [6.45, 7) is 1.82. The average molecular weight is 568 g/mol. The number of para-hydroxylation sites is 1. The molecule has 4 rings (SSSR count). The maximum Gasteiger partial charge on any atom is 0.416 e. The minimum Gasteiger partial charge on any atom is -0.489 e. The zero-order valence-electron chi connectivity index (χ0n) is 21.9. The summed E-state index contributed by atoms with van der Waals surface area (Å²) in [6, 6.07) is 25.6. The van der Waals surface area contributed by atoms with E-state index in [0.717, 1.165) is 66.1 Å². The predicted molar refractivity (Wildman–Crippen MR) is 151 cm³/mol. The summed E-state index contributed by atoms with van der Waals surface area (Å²) in [7, 11) is 1.37. The molecule has 0 aliphatic rings. The number of rotatable bonds is 11. The Morgan fingerprint density at radius 1 is 0.825 bits per heavy atom. The summed E-state index contributed by atoms with van der Waals surface area (Å²) in [5.41, 5.74) is 4.20. The van der Waals surface area contributed by atoms with Crippen molar-refractivity contribution in [3.8, 4) is 16.9 Å². The highest BCUT2D eigenvalue weighted by Gasteiger charge is 2.30. The van der Waals surface area contributed by atoms with E-state index in [1.807, 2.05) is 48.5 Å². The predicted octanol–water partition coefficient (Wildman–Crippen LogP) is 7.77. The Balaban J connectivity index is 1.28. The van der Waals surface area contributed by atoms with Crippen LogP contribution in [0.3, 0.4) is 0 Å². The molecule has 8 heteroatoms. The molecule has 0 aliphatic carbocycles. The van der Waals surface area contributed by atoms with Gasteiger partial charge in [-0.3, -0.25) is 0 Å². The van der Waals surface area contributed by atoms with Crippen molar-refractivity contribution in [1.82, 2.24) is 5.32 Å². The lowest BCUT2D eigenvalue weighted by molar-refractivity contribution is -0.137. The second-order valence-electron chi connectivity index (χ2n) is 9.22.